The SMILES string of the molecule is c1ccc(C2=NC(c3ccccn3)=NCN2c2ccccc2)cc1. The zero-order chi connectivity index (χ0) is 16.2. The molecule has 0 radical (unpaired) electrons. The lowest BCUT2D eigenvalue weighted by Crippen LogP contribution is -2.36. The number of nitrogens with zero attached hydrogens (tertiary/aromatic N) is 4. The summed E-state index contributed by atoms with van der Waals surface area (Å²) in [6.07, 6.45) is 1.76. The molecule has 116 valence electrons. The van der Waals surface area contributed by atoms with Crippen LogP contribution in [0.15, 0.2) is 95.0 Å². The molecular formula is C20H16N4. The molecular weight excluding hydrogens is 296 g/mol. The Kier molecular flexibility index (Phi) is 3.86. The Bertz CT molecular complexity index is 871. The molecule has 24 heavy (non-hydrogen) atoms. The third-order valence-corrected chi connectivity index (χ3v) is 3.82. The molecule has 2 aromatic carbocycles. The number of aromatic nitrogens is 1. The molecule has 1 aliphatic heterocycles. The van der Waals surface area contributed by atoms with Crippen molar-refractivity contribution in [3.63, 3.8) is 0 Å². The third kappa shape index (κ3) is 2.82. The molecule has 1 aliphatic rings. The molecule has 2 heterocycles. The molecule has 3 aromatic rings. The number of benzene rings is 2. The van der Waals surface area contributed by atoms with Gasteiger partial charge in [0.25, 0.3) is 0 Å². The number of anilines is 1. The van der Waals surface area contributed by atoms with Crippen molar-refractivity contribution in [1.29, 1.82) is 0 Å². The van der Waals surface area contributed by atoms with Gasteiger partial charge in [-0.25, -0.2) is 9.98 Å². The number of rotatable bonds is 3. The normalized spacial score (nSPS) is 14.1. The highest BCUT2D eigenvalue weighted by atomic mass is 15.3. The van der Waals surface area contributed by atoms with Gasteiger partial charge in [0.05, 0.1) is 0 Å². The molecule has 0 spiro atoms. The van der Waals surface area contributed by atoms with E-state index < -0.39 is 0 Å². The molecule has 0 bridgehead atoms. The van der Waals surface area contributed by atoms with Crippen molar-refractivity contribution in [1.82, 2.24) is 4.98 Å². The highest BCUT2D eigenvalue weighted by Gasteiger charge is 2.21. The van der Waals surface area contributed by atoms with E-state index in [0.29, 0.717) is 12.5 Å². The van der Waals surface area contributed by atoms with Gasteiger partial charge in [-0.15, -0.1) is 0 Å². The Labute approximate surface area is 140 Å². The number of aliphatic imine (C=N–C) groups is 2. The first kappa shape index (κ1) is 14.3. The zero-order valence-corrected chi connectivity index (χ0v) is 13.1. The summed E-state index contributed by atoms with van der Waals surface area (Å²) in [5.41, 5.74) is 2.92. The molecule has 1 aromatic heterocycles. The van der Waals surface area contributed by atoms with Crippen LogP contribution in [-0.4, -0.2) is 23.3 Å². The number of amidine groups is 2. The summed E-state index contributed by atoms with van der Waals surface area (Å²) in [6.45, 7) is 0.518. The summed E-state index contributed by atoms with van der Waals surface area (Å²) >= 11 is 0. The first-order valence-corrected chi connectivity index (χ1v) is 7.84. The highest BCUT2D eigenvalue weighted by Crippen LogP contribution is 2.21. The lowest BCUT2D eigenvalue weighted by molar-refractivity contribution is 0.981. The Morgan fingerprint density at radius 2 is 1.46 bits per heavy atom. The third-order valence-electron chi connectivity index (χ3n) is 3.82. The monoisotopic (exact) mass is 312 g/mol. The highest BCUT2D eigenvalue weighted by molar-refractivity contribution is 6.18. The lowest BCUT2D eigenvalue weighted by Gasteiger charge is -2.28. The molecule has 0 saturated heterocycles. The van der Waals surface area contributed by atoms with Gasteiger partial charge in [-0.2, -0.15) is 0 Å². The molecule has 4 heteroatoms. The molecule has 0 saturated carbocycles. The van der Waals surface area contributed by atoms with Gasteiger partial charge in [0.2, 0.25) is 0 Å². The van der Waals surface area contributed by atoms with Crippen LogP contribution in [0.25, 0.3) is 0 Å². The summed E-state index contributed by atoms with van der Waals surface area (Å²) in [4.78, 5) is 15.9. The average Bonchev–Trinajstić information content (AvgIpc) is 2.69. The molecule has 0 fully saturated rings. The first-order valence-electron chi connectivity index (χ1n) is 7.84. The Hall–Kier alpha value is -3.27. The fourth-order valence-electron chi connectivity index (χ4n) is 2.65. The van der Waals surface area contributed by atoms with Gasteiger partial charge >= 0.3 is 0 Å². The van der Waals surface area contributed by atoms with Gasteiger partial charge < -0.3 is 4.90 Å². The van der Waals surface area contributed by atoms with Crippen molar-refractivity contribution >= 4 is 17.4 Å². The van der Waals surface area contributed by atoms with Crippen molar-refractivity contribution in [3.8, 4) is 0 Å². The first-order chi connectivity index (χ1) is 11.9. The molecule has 0 atom stereocenters. The van der Waals surface area contributed by atoms with Crippen molar-refractivity contribution in [3.05, 3.63) is 96.3 Å². The van der Waals surface area contributed by atoms with Crippen molar-refractivity contribution in [2.24, 2.45) is 9.98 Å². The van der Waals surface area contributed by atoms with Crippen LogP contribution in [-0.2, 0) is 0 Å². The van der Waals surface area contributed by atoms with E-state index in [1.807, 2.05) is 54.6 Å². The summed E-state index contributed by atoms with van der Waals surface area (Å²) < 4.78 is 0. The Morgan fingerprint density at radius 1 is 0.750 bits per heavy atom. The van der Waals surface area contributed by atoms with Gasteiger partial charge in [-0.1, -0.05) is 54.6 Å². The summed E-state index contributed by atoms with van der Waals surface area (Å²) in [5, 5.41) is 0. The van der Waals surface area contributed by atoms with Crippen molar-refractivity contribution in [2.45, 2.75) is 0 Å². The zero-order valence-electron chi connectivity index (χ0n) is 13.1. The fraction of sp³-hybridized carbons (Fsp3) is 0.0500. The van der Waals surface area contributed by atoms with E-state index in [-0.39, 0.29) is 0 Å². The summed E-state index contributed by atoms with van der Waals surface area (Å²) in [5.74, 6) is 1.55. The van der Waals surface area contributed by atoms with E-state index in [4.69, 9.17) is 4.99 Å². The van der Waals surface area contributed by atoms with E-state index in [2.05, 4.69) is 39.1 Å². The maximum atomic E-state index is 4.81. The van der Waals surface area contributed by atoms with E-state index in [9.17, 15) is 0 Å². The van der Waals surface area contributed by atoms with Crippen LogP contribution in [0.3, 0.4) is 0 Å². The number of pyridine rings is 1. The van der Waals surface area contributed by atoms with Crippen LogP contribution < -0.4 is 4.90 Å². The second-order valence-electron chi connectivity index (χ2n) is 5.40. The minimum absolute atomic E-state index is 0.518. The smallest absolute Gasteiger partial charge is 0.177 e. The maximum absolute atomic E-state index is 4.81. The van der Waals surface area contributed by atoms with Crippen LogP contribution >= 0.6 is 0 Å². The maximum Gasteiger partial charge on any atom is 0.177 e. The minimum atomic E-state index is 0.518. The van der Waals surface area contributed by atoms with Crippen LogP contribution in [0, 0.1) is 0 Å². The summed E-state index contributed by atoms with van der Waals surface area (Å²) in [6, 6.07) is 26.2. The van der Waals surface area contributed by atoms with E-state index >= 15 is 0 Å². The second-order valence-corrected chi connectivity index (χ2v) is 5.40. The van der Waals surface area contributed by atoms with E-state index in [1.54, 1.807) is 6.20 Å². The summed E-state index contributed by atoms with van der Waals surface area (Å²) in [7, 11) is 0. The van der Waals surface area contributed by atoms with E-state index in [1.165, 1.54) is 0 Å². The second kappa shape index (κ2) is 6.46. The van der Waals surface area contributed by atoms with Crippen LogP contribution in [0.4, 0.5) is 5.69 Å². The van der Waals surface area contributed by atoms with Crippen molar-refractivity contribution in [2.75, 3.05) is 11.6 Å². The largest absolute Gasteiger partial charge is 0.306 e. The minimum Gasteiger partial charge on any atom is -0.306 e. The van der Waals surface area contributed by atoms with Gasteiger partial charge in [-0.05, 0) is 24.3 Å². The quantitative estimate of drug-likeness (QED) is 0.739. The molecule has 0 amide bonds. The predicted octanol–water partition coefficient (Wildman–Crippen LogP) is 3.75. The van der Waals surface area contributed by atoms with Gasteiger partial charge in [0.1, 0.15) is 18.2 Å². The lowest BCUT2D eigenvalue weighted by atomic mass is 10.1. The average molecular weight is 312 g/mol. The van der Waals surface area contributed by atoms with Crippen LogP contribution in [0.2, 0.25) is 0 Å². The number of hydrogen-bond donors (Lipinski definition) is 0. The molecule has 0 N–H and O–H groups in total. The molecule has 4 nitrogen and oxygen atoms in total. The van der Waals surface area contributed by atoms with Crippen molar-refractivity contribution < 1.29 is 0 Å². The van der Waals surface area contributed by atoms with Crippen LogP contribution in [0.5, 0.6) is 0 Å². The van der Waals surface area contributed by atoms with E-state index in [0.717, 1.165) is 22.8 Å². The van der Waals surface area contributed by atoms with Gasteiger partial charge in [0.15, 0.2) is 5.84 Å². The van der Waals surface area contributed by atoms with Crippen LogP contribution in [0.1, 0.15) is 11.3 Å². The number of para-hydroxylation sites is 1. The fourth-order valence-corrected chi connectivity index (χ4v) is 2.65. The molecule has 0 aliphatic carbocycles. The predicted molar refractivity (Wildman–Crippen MR) is 97.5 cm³/mol. The standard InChI is InChI=1S/C20H16N4/c1-3-9-16(10-4-1)20-23-19(18-13-7-8-14-21-18)22-15-24(20)17-11-5-2-6-12-17/h1-14H,15H2. The van der Waals surface area contributed by atoms with Gasteiger partial charge in [0, 0.05) is 17.4 Å². The topological polar surface area (TPSA) is 40.9 Å². The number of hydrogen-bond acceptors (Lipinski definition) is 4. The molecule has 0 unspecified atom stereocenters. The Balaban J connectivity index is 1.79. The Morgan fingerprint density at radius 3 is 2.17 bits per heavy atom. The van der Waals surface area contributed by atoms with Gasteiger partial charge in [-0.3, -0.25) is 4.98 Å². The molecule has 4 rings (SSSR count).